The maximum Gasteiger partial charge on any atom is 0.387 e. The first kappa shape index (κ1) is 12.1. The van der Waals surface area contributed by atoms with Crippen LogP contribution >= 0.6 is 0 Å². The molecule has 0 fully saturated rings. The second-order valence-corrected chi connectivity index (χ2v) is 2.75. The lowest BCUT2D eigenvalue weighted by atomic mass is 10.1. The Morgan fingerprint density at radius 3 is 2.00 bits per heavy atom. The van der Waals surface area contributed by atoms with E-state index in [0.29, 0.717) is 12.6 Å². The van der Waals surface area contributed by atoms with E-state index < -0.39 is 6.61 Å². The number of methoxy groups -OCH3 is 1. The minimum Gasteiger partial charge on any atom is -0.495 e. The molecule has 0 amide bonds. The van der Waals surface area contributed by atoms with Gasteiger partial charge in [0.1, 0.15) is 11.5 Å². The molecule has 0 saturated heterocycles. The van der Waals surface area contributed by atoms with Crippen molar-refractivity contribution in [2.75, 3.05) is 7.11 Å². The van der Waals surface area contributed by atoms with Crippen molar-refractivity contribution in [2.45, 2.75) is 6.61 Å². The highest BCUT2D eigenvalue weighted by molar-refractivity contribution is 5.89. The number of ether oxygens (including phenoxy) is 2. The molecule has 4 nitrogen and oxygen atoms in total. The molecule has 86 valence electrons. The van der Waals surface area contributed by atoms with E-state index in [1.54, 1.807) is 0 Å². The van der Waals surface area contributed by atoms with Gasteiger partial charge in [-0.25, -0.2) is 0 Å². The molecular formula is C10H8F2O4. The average molecular weight is 230 g/mol. The highest BCUT2D eigenvalue weighted by Gasteiger charge is 2.13. The first-order chi connectivity index (χ1) is 7.62. The lowest BCUT2D eigenvalue weighted by Crippen LogP contribution is -2.04. The molecule has 1 aromatic rings. The van der Waals surface area contributed by atoms with Crippen LogP contribution in [0.15, 0.2) is 12.1 Å². The van der Waals surface area contributed by atoms with Crippen LogP contribution in [0.3, 0.4) is 0 Å². The maximum absolute atomic E-state index is 11.9. The summed E-state index contributed by atoms with van der Waals surface area (Å²) in [5.41, 5.74) is -0.0505. The average Bonchev–Trinajstić information content (AvgIpc) is 2.26. The lowest BCUT2D eigenvalue weighted by Gasteiger charge is -2.10. The molecule has 0 unspecified atom stereocenters. The van der Waals surface area contributed by atoms with Crippen molar-refractivity contribution in [3.05, 3.63) is 23.3 Å². The summed E-state index contributed by atoms with van der Waals surface area (Å²) in [6.45, 7) is -3.02. The van der Waals surface area contributed by atoms with Gasteiger partial charge in [0.25, 0.3) is 0 Å². The number of carbonyl (C=O) groups excluding carboxylic acids is 2. The molecule has 0 spiro atoms. The molecule has 6 heteroatoms. The summed E-state index contributed by atoms with van der Waals surface area (Å²) in [5, 5.41) is 0. The summed E-state index contributed by atoms with van der Waals surface area (Å²) in [4.78, 5) is 21.3. The first-order valence-corrected chi connectivity index (χ1v) is 4.19. The van der Waals surface area contributed by atoms with Gasteiger partial charge in [-0.15, -0.1) is 0 Å². The highest BCUT2D eigenvalue weighted by Crippen LogP contribution is 2.27. The molecule has 1 aromatic carbocycles. The van der Waals surface area contributed by atoms with E-state index in [1.807, 2.05) is 0 Å². The first-order valence-electron chi connectivity index (χ1n) is 4.19. The molecule has 0 aliphatic carbocycles. The number of benzene rings is 1. The predicted molar refractivity (Wildman–Crippen MR) is 50.4 cm³/mol. The Morgan fingerprint density at radius 2 is 1.69 bits per heavy atom. The maximum atomic E-state index is 11.9. The van der Waals surface area contributed by atoms with E-state index in [1.165, 1.54) is 7.11 Å². The normalized spacial score (nSPS) is 10.0. The van der Waals surface area contributed by atoms with Gasteiger partial charge in [-0.1, -0.05) is 0 Å². The van der Waals surface area contributed by atoms with Crippen LogP contribution in [0.25, 0.3) is 0 Å². The van der Waals surface area contributed by atoms with Crippen LogP contribution in [0.2, 0.25) is 0 Å². The molecule has 0 bridgehead atoms. The monoisotopic (exact) mass is 230 g/mol. The van der Waals surface area contributed by atoms with E-state index >= 15 is 0 Å². The quantitative estimate of drug-likeness (QED) is 0.725. The minimum atomic E-state index is -3.02. The van der Waals surface area contributed by atoms with Gasteiger partial charge in [0, 0.05) is 0 Å². The van der Waals surface area contributed by atoms with Gasteiger partial charge >= 0.3 is 6.61 Å². The number of aldehydes is 2. The van der Waals surface area contributed by atoms with E-state index in [0.717, 1.165) is 12.1 Å². The third kappa shape index (κ3) is 2.53. The van der Waals surface area contributed by atoms with E-state index in [2.05, 4.69) is 4.74 Å². The fraction of sp³-hybridized carbons (Fsp3) is 0.200. The third-order valence-corrected chi connectivity index (χ3v) is 1.80. The molecule has 0 N–H and O–H groups in total. The SMILES string of the molecule is COc1c(C=O)cc(OC(F)F)cc1C=O. The summed E-state index contributed by atoms with van der Waals surface area (Å²) in [6, 6.07) is 2.15. The minimum absolute atomic E-state index is 0.0252. The van der Waals surface area contributed by atoms with Gasteiger partial charge in [0.2, 0.25) is 0 Å². The zero-order valence-corrected chi connectivity index (χ0v) is 8.28. The van der Waals surface area contributed by atoms with Crippen molar-refractivity contribution < 1.29 is 27.8 Å². The number of hydrogen-bond acceptors (Lipinski definition) is 4. The van der Waals surface area contributed by atoms with Crippen LogP contribution in [0.1, 0.15) is 20.7 Å². The Bertz CT molecular complexity index is 375. The van der Waals surface area contributed by atoms with Crippen molar-refractivity contribution in [3.63, 3.8) is 0 Å². The van der Waals surface area contributed by atoms with Crippen LogP contribution in [-0.4, -0.2) is 26.3 Å². The fourth-order valence-electron chi connectivity index (χ4n) is 1.23. The van der Waals surface area contributed by atoms with Gasteiger partial charge in [-0.05, 0) is 12.1 Å². The summed E-state index contributed by atoms with van der Waals surface area (Å²) < 4.78 is 32.8. The second kappa shape index (κ2) is 5.20. The predicted octanol–water partition coefficient (Wildman–Crippen LogP) is 1.92. The zero-order chi connectivity index (χ0) is 12.1. The fourth-order valence-corrected chi connectivity index (χ4v) is 1.23. The smallest absolute Gasteiger partial charge is 0.387 e. The summed E-state index contributed by atoms with van der Waals surface area (Å²) in [7, 11) is 1.27. The van der Waals surface area contributed by atoms with E-state index in [-0.39, 0.29) is 22.6 Å². The summed E-state index contributed by atoms with van der Waals surface area (Å²) in [5.74, 6) is -0.230. The van der Waals surface area contributed by atoms with Crippen LogP contribution in [0.4, 0.5) is 8.78 Å². The molecule has 0 radical (unpaired) electrons. The second-order valence-electron chi connectivity index (χ2n) is 2.75. The van der Waals surface area contributed by atoms with Crippen molar-refractivity contribution in [1.82, 2.24) is 0 Å². The van der Waals surface area contributed by atoms with Gasteiger partial charge in [-0.3, -0.25) is 9.59 Å². The van der Waals surface area contributed by atoms with Gasteiger partial charge in [0.15, 0.2) is 12.6 Å². The Morgan fingerprint density at radius 1 is 1.19 bits per heavy atom. The van der Waals surface area contributed by atoms with E-state index in [9.17, 15) is 18.4 Å². The number of hydrogen-bond donors (Lipinski definition) is 0. The third-order valence-electron chi connectivity index (χ3n) is 1.80. The topological polar surface area (TPSA) is 52.6 Å². The molecule has 0 aromatic heterocycles. The zero-order valence-electron chi connectivity index (χ0n) is 8.28. The Kier molecular flexibility index (Phi) is 3.93. The van der Waals surface area contributed by atoms with Crippen LogP contribution in [0.5, 0.6) is 11.5 Å². The van der Waals surface area contributed by atoms with Gasteiger partial charge in [-0.2, -0.15) is 8.78 Å². The van der Waals surface area contributed by atoms with Crippen LogP contribution < -0.4 is 9.47 Å². The molecule has 1 rings (SSSR count). The molecule has 16 heavy (non-hydrogen) atoms. The molecule has 0 atom stereocenters. The highest BCUT2D eigenvalue weighted by atomic mass is 19.3. The molecule has 0 heterocycles. The van der Waals surface area contributed by atoms with E-state index in [4.69, 9.17) is 4.74 Å². The number of halogens is 2. The molecule has 0 saturated carbocycles. The summed E-state index contributed by atoms with van der Waals surface area (Å²) >= 11 is 0. The van der Waals surface area contributed by atoms with Crippen LogP contribution in [0, 0.1) is 0 Å². The van der Waals surface area contributed by atoms with Crippen molar-refractivity contribution in [2.24, 2.45) is 0 Å². The Balaban J connectivity index is 3.25. The Labute approximate surface area is 89.8 Å². The standard InChI is InChI=1S/C10H8F2O4/c1-15-9-6(4-13)2-8(16-10(11)12)3-7(9)5-14/h2-5,10H,1H3. The van der Waals surface area contributed by atoms with Crippen molar-refractivity contribution in [3.8, 4) is 11.5 Å². The van der Waals surface area contributed by atoms with Gasteiger partial charge < -0.3 is 9.47 Å². The lowest BCUT2D eigenvalue weighted by molar-refractivity contribution is -0.0499. The summed E-state index contributed by atoms with van der Waals surface area (Å²) in [6.07, 6.45) is 0.786. The molecule has 0 aliphatic rings. The van der Waals surface area contributed by atoms with Gasteiger partial charge in [0.05, 0.1) is 18.2 Å². The Hall–Kier alpha value is -1.98. The van der Waals surface area contributed by atoms with Crippen LogP contribution in [-0.2, 0) is 0 Å². The van der Waals surface area contributed by atoms with Crippen molar-refractivity contribution >= 4 is 12.6 Å². The molecule has 0 aliphatic heterocycles. The molecular weight excluding hydrogens is 222 g/mol. The van der Waals surface area contributed by atoms with Crippen molar-refractivity contribution in [1.29, 1.82) is 0 Å². The number of rotatable bonds is 5. The number of alkyl halides is 2. The number of carbonyl (C=O) groups is 2. The largest absolute Gasteiger partial charge is 0.495 e.